The van der Waals surface area contributed by atoms with Crippen LogP contribution in [0.25, 0.3) is 39.0 Å². The fourth-order valence-electron chi connectivity index (χ4n) is 7.67. The van der Waals surface area contributed by atoms with Crippen molar-refractivity contribution in [3.8, 4) is 33.4 Å². The second-order valence-corrected chi connectivity index (χ2v) is 12.0. The molecule has 2 aliphatic heterocycles. The van der Waals surface area contributed by atoms with Crippen LogP contribution in [0.5, 0.6) is 0 Å². The molecule has 2 nitrogen and oxygen atoms in total. The first kappa shape index (κ1) is 25.2. The molecule has 210 valence electrons. The number of nitrogens with zero attached hydrogens (tertiary/aromatic N) is 2. The van der Waals surface area contributed by atoms with Gasteiger partial charge in [-0.15, -0.1) is 0 Å². The molecule has 1 aliphatic carbocycles. The van der Waals surface area contributed by atoms with Crippen molar-refractivity contribution < 1.29 is 0 Å². The predicted molar refractivity (Wildman–Crippen MR) is 185 cm³/mol. The number of fused-ring (bicyclic) bond motifs is 9. The van der Waals surface area contributed by atoms with Gasteiger partial charge in [-0.05, 0) is 89.9 Å². The Bertz CT molecular complexity index is 2040. The normalized spacial score (nSPS) is 14.7. The van der Waals surface area contributed by atoms with Gasteiger partial charge in [0, 0.05) is 33.8 Å². The number of benzene rings is 6. The van der Waals surface area contributed by atoms with Crippen LogP contribution in [0.15, 0.2) is 151 Å². The number of para-hydroxylation sites is 3. The van der Waals surface area contributed by atoms with E-state index in [1.54, 1.807) is 0 Å². The Labute approximate surface area is 259 Å². The summed E-state index contributed by atoms with van der Waals surface area (Å²) < 4.78 is 0. The van der Waals surface area contributed by atoms with Crippen LogP contribution < -0.4 is 9.80 Å². The first-order valence-electron chi connectivity index (χ1n) is 15.8. The van der Waals surface area contributed by atoms with Crippen molar-refractivity contribution in [3.05, 3.63) is 157 Å². The standard InChI is InChI=1S/C42H32N2/c1-2-17-32-31(16-1)35-20-5-9-24-39(35)43(40-25-10-6-21-36(32)40)29-14-13-15-30(28-29)44-41-26-11-7-22-37(41)33-18-3-4-19-34(33)38-23-8-12-27-42(38)44/h1-7,9-11,13-22,24-26,28H,8,12,23,27H2. The molecule has 2 heterocycles. The Morgan fingerprint density at radius 1 is 0.341 bits per heavy atom. The molecule has 6 aromatic rings. The highest BCUT2D eigenvalue weighted by atomic mass is 15.2. The van der Waals surface area contributed by atoms with E-state index in [9.17, 15) is 0 Å². The highest BCUT2D eigenvalue weighted by Gasteiger charge is 2.30. The first-order valence-corrected chi connectivity index (χ1v) is 15.8. The van der Waals surface area contributed by atoms with E-state index in [-0.39, 0.29) is 0 Å². The van der Waals surface area contributed by atoms with Crippen molar-refractivity contribution in [2.75, 3.05) is 9.80 Å². The minimum absolute atomic E-state index is 1.08. The lowest BCUT2D eigenvalue weighted by Crippen LogP contribution is -2.20. The second-order valence-electron chi connectivity index (χ2n) is 12.0. The van der Waals surface area contributed by atoms with Gasteiger partial charge >= 0.3 is 0 Å². The zero-order valence-electron chi connectivity index (χ0n) is 24.6. The van der Waals surface area contributed by atoms with Crippen molar-refractivity contribution in [2.45, 2.75) is 25.7 Å². The van der Waals surface area contributed by atoms with Crippen LogP contribution in [0, 0.1) is 0 Å². The summed E-state index contributed by atoms with van der Waals surface area (Å²) in [5.41, 5.74) is 18.0. The van der Waals surface area contributed by atoms with Gasteiger partial charge < -0.3 is 9.80 Å². The maximum atomic E-state index is 2.57. The van der Waals surface area contributed by atoms with E-state index in [0.717, 1.165) is 18.5 Å². The van der Waals surface area contributed by atoms with Gasteiger partial charge in [-0.3, -0.25) is 0 Å². The molecule has 44 heavy (non-hydrogen) atoms. The van der Waals surface area contributed by atoms with E-state index < -0.39 is 0 Å². The fraction of sp³-hybridized carbons (Fsp3) is 0.0952. The van der Waals surface area contributed by atoms with E-state index in [1.165, 1.54) is 85.8 Å². The third kappa shape index (κ3) is 3.81. The molecule has 0 saturated carbocycles. The zero-order valence-corrected chi connectivity index (χ0v) is 24.6. The van der Waals surface area contributed by atoms with Crippen molar-refractivity contribution >= 4 is 34.0 Å². The highest BCUT2D eigenvalue weighted by molar-refractivity contribution is 6.03. The quantitative estimate of drug-likeness (QED) is 0.206. The largest absolute Gasteiger partial charge is 0.313 e. The minimum atomic E-state index is 1.08. The Balaban J connectivity index is 1.29. The van der Waals surface area contributed by atoms with Gasteiger partial charge in [-0.2, -0.15) is 0 Å². The maximum Gasteiger partial charge on any atom is 0.0540 e. The van der Waals surface area contributed by atoms with Crippen molar-refractivity contribution in [1.82, 2.24) is 0 Å². The summed E-state index contributed by atoms with van der Waals surface area (Å²) in [5, 5.41) is 0. The van der Waals surface area contributed by atoms with Crippen LogP contribution in [-0.2, 0) is 0 Å². The number of hydrogen-bond acceptors (Lipinski definition) is 2. The maximum absolute atomic E-state index is 2.57. The third-order valence-corrected chi connectivity index (χ3v) is 9.54. The van der Waals surface area contributed by atoms with Crippen molar-refractivity contribution in [2.24, 2.45) is 0 Å². The topological polar surface area (TPSA) is 6.48 Å². The van der Waals surface area contributed by atoms with Crippen LogP contribution in [0.3, 0.4) is 0 Å². The number of allylic oxidation sites excluding steroid dienone is 2. The number of anilines is 5. The molecule has 0 fully saturated rings. The Morgan fingerprint density at radius 2 is 0.750 bits per heavy atom. The molecule has 2 heteroatoms. The number of rotatable bonds is 2. The summed E-state index contributed by atoms with van der Waals surface area (Å²) >= 11 is 0. The molecular weight excluding hydrogens is 532 g/mol. The average Bonchev–Trinajstić information content (AvgIpc) is 3.30. The molecule has 0 spiro atoms. The van der Waals surface area contributed by atoms with E-state index in [2.05, 4.69) is 155 Å². The van der Waals surface area contributed by atoms with Gasteiger partial charge in [-0.1, -0.05) is 109 Å². The Morgan fingerprint density at radius 3 is 1.32 bits per heavy atom. The monoisotopic (exact) mass is 564 g/mol. The summed E-state index contributed by atoms with van der Waals surface area (Å²) in [6.07, 6.45) is 4.64. The fourth-order valence-corrected chi connectivity index (χ4v) is 7.67. The molecule has 0 unspecified atom stereocenters. The molecule has 6 aromatic carbocycles. The van der Waals surface area contributed by atoms with Gasteiger partial charge in [0.25, 0.3) is 0 Å². The van der Waals surface area contributed by atoms with E-state index in [4.69, 9.17) is 0 Å². The molecular formula is C42H32N2. The molecule has 0 bridgehead atoms. The summed E-state index contributed by atoms with van der Waals surface area (Å²) in [5.74, 6) is 0. The van der Waals surface area contributed by atoms with Gasteiger partial charge in [0.1, 0.15) is 0 Å². The van der Waals surface area contributed by atoms with Crippen molar-refractivity contribution in [3.63, 3.8) is 0 Å². The molecule has 0 amide bonds. The van der Waals surface area contributed by atoms with E-state index >= 15 is 0 Å². The third-order valence-electron chi connectivity index (χ3n) is 9.54. The minimum Gasteiger partial charge on any atom is -0.313 e. The second kappa shape index (κ2) is 10.1. The molecule has 3 aliphatic rings. The highest BCUT2D eigenvalue weighted by Crippen LogP contribution is 2.53. The average molecular weight is 565 g/mol. The lowest BCUT2D eigenvalue weighted by molar-refractivity contribution is 0.705. The SMILES string of the molecule is c1cc(N2C3=C(CCCC3)c3ccccc3-c3ccccc32)cc(N2c3ccccc3-c3ccccc3-c3ccccc32)c1. The van der Waals surface area contributed by atoms with Crippen molar-refractivity contribution in [1.29, 1.82) is 0 Å². The van der Waals surface area contributed by atoms with Gasteiger partial charge in [0.2, 0.25) is 0 Å². The van der Waals surface area contributed by atoms with Gasteiger partial charge in [0.05, 0.1) is 17.1 Å². The van der Waals surface area contributed by atoms with Crippen LogP contribution in [0.1, 0.15) is 31.2 Å². The van der Waals surface area contributed by atoms with E-state index in [0.29, 0.717) is 0 Å². The molecule has 0 aromatic heterocycles. The Hall–Kier alpha value is -5.34. The molecule has 0 radical (unpaired) electrons. The smallest absolute Gasteiger partial charge is 0.0540 e. The Kier molecular flexibility index (Phi) is 5.80. The molecule has 9 rings (SSSR count). The lowest BCUT2D eigenvalue weighted by Gasteiger charge is -2.33. The molecule has 0 atom stereocenters. The van der Waals surface area contributed by atoms with Crippen LogP contribution in [0.2, 0.25) is 0 Å². The number of hydrogen-bond donors (Lipinski definition) is 0. The predicted octanol–water partition coefficient (Wildman–Crippen LogP) is 11.9. The summed E-state index contributed by atoms with van der Waals surface area (Å²) in [4.78, 5) is 5.03. The summed E-state index contributed by atoms with van der Waals surface area (Å²) in [6, 6.07) is 53.7. The van der Waals surface area contributed by atoms with Crippen LogP contribution in [0.4, 0.5) is 28.4 Å². The van der Waals surface area contributed by atoms with Crippen LogP contribution in [-0.4, -0.2) is 0 Å². The summed E-state index contributed by atoms with van der Waals surface area (Å²) in [6.45, 7) is 0. The lowest BCUT2D eigenvalue weighted by atomic mass is 9.88. The molecule has 0 saturated heterocycles. The van der Waals surface area contributed by atoms with Gasteiger partial charge in [-0.25, -0.2) is 0 Å². The first-order chi connectivity index (χ1) is 21.9. The van der Waals surface area contributed by atoms with Crippen LogP contribution >= 0.6 is 0 Å². The van der Waals surface area contributed by atoms with Gasteiger partial charge in [0.15, 0.2) is 0 Å². The van der Waals surface area contributed by atoms with E-state index in [1.807, 2.05) is 0 Å². The summed E-state index contributed by atoms with van der Waals surface area (Å²) in [7, 11) is 0. The zero-order chi connectivity index (χ0) is 29.0. The molecule has 0 N–H and O–H groups in total.